The van der Waals surface area contributed by atoms with Gasteiger partial charge < -0.3 is 10.6 Å². The van der Waals surface area contributed by atoms with E-state index in [4.69, 9.17) is 5.73 Å². The molecule has 1 heterocycles. The Morgan fingerprint density at radius 2 is 1.92 bits per heavy atom. The van der Waals surface area contributed by atoms with Gasteiger partial charge in [0, 0.05) is 24.9 Å². The van der Waals surface area contributed by atoms with Gasteiger partial charge in [-0.2, -0.15) is 0 Å². The molecule has 25 heavy (non-hydrogen) atoms. The summed E-state index contributed by atoms with van der Waals surface area (Å²) in [6, 6.07) is 10.0. The van der Waals surface area contributed by atoms with Crippen LogP contribution in [0.3, 0.4) is 0 Å². The molecule has 1 amide bonds. The number of thiazole rings is 1. The summed E-state index contributed by atoms with van der Waals surface area (Å²) in [7, 11) is 0. The van der Waals surface area contributed by atoms with Crippen molar-refractivity contribution < 1.29 is 4.79 Å². The van der Waals surface area contributed by atoms with Crippen LogP contribution in [0.5, 0.6) is 0 Å². The Morgan fingerprint density at radius 3 is 2.52 bits per heavy atom. The Labute approximate surface area is 166 Å². The summed E-state index contributed by atoms with van der Waals surface area (Å²) in [6.07, 6.45) is 1.71. The molecule has 0 aliphatic heterocycles. The van der Waals surface area contributed by atoms with Crippen molar-refractivity contribution in [3.8, 4) is 0 Å². The van der Waals surface area contributed by atoms with Crippen LogP contribution in [0.15, 0.2) is 35.7 Å². The van der Waals surface area contributed by atoms with Gasteiger partial charge in [-0.05, 0) is 24.4 Å². The second-order valence-electron chi connectivity index (χ2n) is 6.08. The molecule has 140 valence electrons. The van der Waals surface area contributed by atoms with Gasteiger partial charge in [-0.15, -0.1) is 36.2 Å². The lowest BCUT2D eigenvalue weighted by Crippen LogP contribution is -2.32. The Hall–Kier alpha value is -1.14. The summed E-state index contributed by atoms with van der Waals surface area (Å²) in [5.74, 6) is 0.537. The summed E-state index contributed by atoms with van der Waals surface area (Å²) in [5.41, 5.74) is 7.29. The molecular weight excluding hydrogens is 377 g/mol. The molecule has 0 atom stereocenters. The van der Waals surface area contributed by atoms with E-state index in [-0.39, 0.29) is 30.7 Å². The van der Waals surface area contributed by atoms with Crippen molar-refractivity contribution in [1.29, 1.82) is 0 Å². The van der Waals surface area contributed by atoms with Gasteiger partial charge in [0.15, 0.2) is 0 Å². The number of benzene rings is 1. The second kappa shape index (κ2) is 12.3. The predicted octanol–water partition coefficient (Wildman–Crippen LogP) is 4.18. The average molecular weight is 404 g/mol. The van der Waals surface area contributed by atoms with E-state index in [1.54, 1.807) is 11.3 Å². The van der Waals surface area contributed by atoms with Gasteiger partial charge in [0.25, 0.3) is 5.91 Å². The van der Waals surface area contributed by atoms with E-state index in [0.29, 0.717) is 31.2 Å². The first-order valence-corrected chi connectivity index (χ1v) is 8.95. The zero-order valence-corrected chi connectivity index (χ0v) is 17.1. The number of aromatic nitrogens is 1. The number of carbonyl (C=O) groups excluding carboxylic acids is 1. The minimum atomic E-state index is -0.00596. The first-order chi connectivity index (χ1) is 11.1. The van der Waals surface area contributed by atoms with E-state index in [0.717, 1.165) is 23.4 Å². The molecule has 0 radical (unpaired) electrons. The van der Waals surface area contributed by atoms with Crippen molar-refractivity contribution in [2.75, 3.05) is 13.1 Å². The van der Waals surface area contributed by atoms with Crippen LogP contribution in [0.2, 0.25) is 0 Å². The topological polar surface area (TPSA) is 59.2 Å². The SMILES string of the molecule is CC(C)Cc1nc(C(=O)N(CCCN)Cc2ccccc2)cs1.Cl.Cl. The molecule has 0 aliphatic carbocycles. The first kappa shape index (κ1) is 23.9. The molecule has 0 unspecified atom stereocenters. The number of nitrogens with zero attached hydrogens (tertiary/aromatic N) is 2. The molecule has 4 nitrogen and oxygen atoms in total. The van der Waals surface area contributed by atoms with E-state index in [9.17, 15) is 4.79 Å². The molecule has 0 saturated carbocycles. The number of hydrogen-bond donors (Lipinski definition) is 1. The molecule has 2 rings (SSSR count). The van der Waals surface area contributed by atoms with Crippen LogP contribution in [-0.2, 0) is 13.0 Å². The number of carbonyl (C=O) groups is 1. The highest BCUT2D eigenvalue weighted by atomic mass is 35.5. The maximum atomic E-state index is 12.8. The number of halogens is 2. The highest BCUT2D eigenvalue weighted by Gasteiger charge is 2.19. The van der Waals surface area contributed by atoms with E-state index >= 15 is 0 Å². The minimum Gasteiger partial charge on any atom is -0.333 e. The minimum absolute atomic E-state index is 0. The van der Waals surface area contributed by atoms with Crippen molar-refractivity contribution in [1.82, 2.24) is 9.88 Å². The van der Waals surface area contributed by atoms with Gasteiger partial charge in [-0.1, -0.05) is 44.2 Å². The Kier molecular flexibility index (Phi) is 11.7. The molecular formula is C18H27Cl2N3OS. The van der Waals surface area contributed by atoms with Crippen LogP contribution in [0, 0.1) is 5.92 Å². The molecule has 7 heteroatoms. The van der Waals surface area contributed by atoms with Crippen molar-refractivity contribution in [2.45, 2.75) is 33.2 Å². The molecule has 0 saturated heterocycles. The number of nitrogens with two attached hydrogens (primary N) is 1. The normalized spacial score (nSPS) is 10.1. The molecule has 2 aromatic rings. The Morgan fingerprint density at radius 1 is 1.24 bits per heavy atom. The maximum absolute atomic E-state index is 12.8. The van der Waals surface area contributed by atoms with Crippen molar-refractivity contribution in [3.05, 3.63) is 52.0 Å². The Bertz CT molecular complexity index is 620. The fourth-order valence-electron chi connectivity index (χ4n) is 2.35. The summed E-state index contributed by atoms with van der Waals surface area (Å²) < 4.78 is 0. The number of rotatable bonds is 8. The van der Waals surface area contributed by atoms with Crippen LogP contribution < -0.4 is 5.73 Å². The highest BCUT2D eigenvalue weighted by molar-refractivity contribution is 7.09. The molecule has 0 fully saturated rings. The molecule has 1 aromatic heterocycles. The second-order valence-corrected chi connectivity index (χ2v) is 7.02. The zero-order valence-electron chi connectivity index (χ0n) is 14.7. The lowest BCUT2D eigenvalue weighted by atomic mass is 10.1. The van der Waals surface area contributed by atoms with Gasteiger partial charge in [0.1, 0.15) is 5.69 Å². The fourth-order valence-corrected chi connectivity index (χ4v) is 3.33. The summed E-state index contributed by atoms with van der Waals surface area (Å²) in [4.78, 5) is 19.1. The standard InChI is InChI=1S/C18H25N3OS.2ClH/c1-14(2)11-17-20-16(13-23-17)18(22)21(10-6-9-19)12-15-7-4-3-5-8-15;;/h3-5,7-8,13-14H,6,9-12,19H2,1-2H3;2*1H. The summed E-state index contributed by atoms with van der Waals surface area (Å²) >= 11 is 1.57. The molecule has 1 aromatic carbocycles. The van der Waals surface area contributed by atoms with Crippen molar-refractivity contribution in [3.63, 3.8) is 0 Å². The van der Waals surface area contributed by atoms with Gasteiger partial charge in [0.2, 0.25) is 0 Å². The van der Waals surface area contributed by atoms with Crippen molar-refractivity contribution >= 4 is 42.1 Å². The van der Waals surface area contributed by atoms with Crippen LogP contribution >= 0.6 is 36.2 Å². The van der Waals surface area contributed by atoms with E-state index in [2.05, 4.69) is 18.8 Å². The van der Waals surface area contributed by atoms with Gasteiger partial charge >= 0.3 is 0 Å². The molecule has 0 spiro atoms. The molecule has 0 aliphatic rings. The molecule has 0 bridgehead atoms. The Balaban J connectivity index is 0.00000288. The van der Waals surface area contributed by atoms with Crippen LogP contribution in [0.25, 0.3) is 0 Å². The lowest BCUT2D eigenvalue weighted by Gasteiger charge is -2.21. The van der Waals surface area contributed by atoms with Crippen LogP contribution in [0.4, 0.5) is 0 Å². The summed E-state index contributed by atoms with van der Waals surface area (Å²) in [6.45, 7) is 6.14. The van der Waals surface area contributed by atoms with Crippen LogP contribution in [-0.4, -0.2) is 28.9 Å². The van der Waals surface area contributed by atoms with E-state index in [1.807, 2.05) is 40.6 Å². The molecule has 2 N–H and O–H groups in total. The third kappa shape index (κ3) is 7.74. The average Bonchev–Trinajstić information content (AvgIpc) is 2.99. The first-order valence-electron chi connectivity index (χ1n) is 8.07. The van der Waals surface area contributed by atoms with Crippen LogP contribution in [0.1, 0.15) is 41.3 Å². The maximum Gasteiger partial charge on any atom is 0.273 e. The van der Waals surface area contributed by atoms with Gasteiger partial charge in [-0.3, -0.25) is 4.79 Å². The lowest BCUT2D eigenvalue weighted by molar-refractivity contribution is 0.0737. The van der Waals surface area contributed by atoms with Gasteiger partial charge in [-0.25, -0.2) is 4.98 Å². The third-order valence-corrected chi connectivity index (χ3v) is 4.36. The highest BCUT2D eigenvalue weighted by Crippen LogP contribution is 2.17. The number of amides is 1. The third-order valence-electron chi connectivity index (χ3n) is 3.49. The van der Waals surface area contributed by atoms with E-state index < -0.39 is 0 Å². The smallest absolute Gasteiger partial charge is 0.273 e. The predicted molar refractivity (Wildman–Crippen MR) is 110 cm³/mol. The summed E-state index contributed by atoms with van der Waals surface area (Å²) in [5, 5.41) is 2.90. The van der Waals surface area contributed by atoms with E-state index in [1.165, 1.54) is 0 Å². The number of hydrogen-bond acceptors (Lipinski definition) is 4. The fraction of sp³-hybridized carbons (Fsp3) is 0.444. The quantitative estimate of drug-likeness (QED) is 0.718. The monoisotopic (exact) mass is 403 g/mol. The van der Waals surface area contributed by atoms with Crippen molar-refractivity contribution in [2.24, 2.45) is 11.7 Å². The zero-order chi connectivity index (χ0) is 16.7. The van der Waals surface area contributed by atoms with Gasteiger partial charge in [0.05, 0.1) is 5.01 Å². The largest absolute Gasteiger partial charge is 0.333 e.